The van der Waals surface area contributed by atoms with Gasteiger partial charge in [-0.05, 0) is 81.9 Å². The molecule has 2 nitrogen and oxygen atoms in total. The van der Waals surface area contributed by atoms with Crippen molar-refractivity contribution in [2.75, 3.05) is 0 Å². The summed E-state index contributed by atoms with van der Waals surface area (Å²) in [7, 11) is 0. The van der Waals surface area contributed by atoms with E-state index in [0.717, 1.165) is 37.9 Å². The molecule has 0 aliphatic rings. The van der Waals surface area contributed by atoms with Crippen LogP contribution in [0, 0.1) is 0 Å². The first-order chi connectivity index (χ1) is 16.7. The molecule has 1 heterocycles. The van der Waals surface area contributed by atoms with Crippen molar-refractivity contribution >= 4 is 37.9 Å². The van der Waals surface area contributed by atoms with E-state index < -0.39 is 0 Å². The van der Waals surface area contributed by atoms with E-state index in [1.54, 1.807) is 0 Å². The maximum Gasteiger partial charge on any atom is 0.200 e. The van der Waals surface area contributed by atoms with Crippen molar-refractivity contribution in [3.8, 4) is 33.4 Å². The summed E-state index contributed by atoms with van der Waals surface area (Å²) >= 11 is 3.46. The molecule has 0 fully saturated rings. The van der Waals surface area contributed by atoms with Gasteiger partial charge in [0.2, 0.25) is 5.43 Å². The van der Waals surface area contributed by atoms with Crippen molar-refractivity contribution < 1.29 is 4.42 Å². The molecule has 0 saturated heterocycles. The van der Waals surface area contributed by atoms with Crippen LogP contribution in [0.3, 0.4) is 0 Å². The normalized spacial score (nSPS) is 11.2. The Morgan fingerprint density at radius 1 is 0.471 bits per heavy atom. The summed E-state index contributed by atoms with van der Waals surface area (Å²) < 4.78 is 6.89. The molecule has 34 heavy (non-hydrogen) atoms. The standard InChI is InChI=1S/C31H19BrO2/c32-26-12-14-30-28(19-26)31(33)27-18-22(11-13-29(27)34-30)25-16-23(20-7-3-1-4-8-20)15-24(17-25)21-9-5-2-6-10-21/h1-19H. The summed E-state index contributed by atoms with van der Waals surface area (Å²) in [6.45, 7) is 0. The Labute approximate surface area is 205 Å². The highest BCUT2D eigenvalue weighted by molar-refractivity contribution is 9.10. The smallest absolute Gasteiger partial charge is 0.200 e. The van der Waals surface area contributed by atoms with Crippen molar-refractivity contribution in [3.05, 3.63) is 130 Å². The predicted octanol–water partition coefficient (Wildman–Crippen LogP) is 8.71. The fourth-order valence-electron chi connectivity index (χ4n) is 4.40. The third kappa shape index (κ3) is 3.74. The zero-order valence-electron chi connectivity index (χ0n) is 18.2. The molecule has 0 aliphatic carbocycles. The molecule has 0 spiro atoms. The number of benzene rings is 5. The van der Waals surface area contributed by atoms with Gasteiger partial charge in [0, 0.05) is 4.47 Å². The summed E-state index contributed by atoms with van der Waals surface area (Å²) in [4.78, 5) is 13.3. The van der Waals surface area contributed by atoms with Gasteiger partial charge in [0.1, 0.15) is 11.2 Å². The van der Waals surface area contributed by atoms with Gasteiger partial charge in [0.25, 0.3) is 0 Å². The van der Waals surface area contributed by atoms with Crippen molar-refractivity contribution in [2.45, 2.75) is 0 Å². The predicted molar refractivity (Wildman–Crippen MR) is 144 cm³/mol. The molecule has 3 heteroatoms. The number of halogens is 1. The summed E-state index contributed by atoms with van der Waals surface area (Å²) in [6, 6.07) is 38.7. The van der Waals surface area contributed by atoms with Crippen LogP contribution < -0.4 is 5.43 Å². The third-order valence-corrected chi connectivity index (χ3v) is 6.60. The quantitative estimate of drug-likeness (QED) is 0.226. The molecule has 0 aliphatic heterocycles. The molecule has 1 aromatic heterocycles. The molecule has 0 saturated carbocycles. The van der Waals surface area contributed by atoms with Crippen molar-refractivity contribution in [1.29, 1.82) is 0 Å². The topological polar surface area (TPSA) is 30.2 Å². The van der Waals surface area contributed by atoms with Crippen molar-refractivity contribution in [2.24, 2.45) is 0 Å². The van der Waals surface area contributed by atoms with Crippen LogP contribution in [0.2, 0.25) is 0 Å². The minimum Gasteiger partial charge on any atom is -0.456 e. The van der Waals surface area contributed by atoms with Gasteiger partial charge in [-0.1, -0.05) is 82.7 Å². The number of hydrogen-bond donors (Lipinski definition) is 0. The Kier molecular flexibility index (Phi) is 5.12. The van der Waals surface area contributed by atoms with Gasteiger partial charge < -0.3 is 4.42 Å². The Morgan fingerprint density at radius 2 is 0.971 bits per heavy atom. The third-order valence-electron chi connectivity index (χ3n) is 6.11. The highest BCUT2D eigenvalue weighted by atomic mass is 79.9. The first-order valence-electron chi connectivity index (χ1n) is 11.1. The SMILES string of the molecule is O=c1c2cc(Br)ccc2oc2ccc(-c3cc(-c4ccccc4)cc(-c4ccccc4)c3)cc12. The molecule has 0 amide bonds. The second-order valence-electron chi connectivity index (χ2n) is 8.31. The van der Waals surface area contributed by atoms with Crippen LogP contribution >= 0.6 is 15.9 Å². The van der Waals surface area contributed by atoms with Gasteiger partial charge in [0.15, 0.2) is 0 Å². The van der Waals surface area contributed by atoms with E-state index in [0.29, 0.717) is 21.9 Å². The molecule has 6 aromatic rings. The average molecular weight is 503 g/mol. The molecule has 6 rings (SSSR count). The summed E-state index contributed by atoms with van der Waals surface area (Å²) in [5, 5.41) is 1.15. The van der Waals surface area contributed by atoms with E-state index in [-0.39, 0.29) is 5.43 Å². The molecule has 5 aromatic carbocycles. The lowest BCUT2D eigenvalue weighted by Gasteiger charge is -2.12. The van der Waals surface area contributed by atoms with E-state index in [1.807, 2.05) is 48.5 Å². The van der Waals surface area contributed by atoms with Crippen molar-refractivity contribution in [1.82, 2.24) is 0 Å². The Balaban J connectivity index is 1.58. The Hall–Kier alpha value is -3.95. The van der Waals surface area contributed by atoms with Crippen LogP contribution in [0.15, 0.2) is 129 Å². The fraction of sp³-hybridized carbons (Fsp3) is 0. The van der Waals surface area contributed by atoms with E-state index in [9.17, 15) is 4.79 Å². The number of fused-ring (bicyclic) bond motifs is 2. The Bertz CT molecular complexity index is 1660. The lowest BCUT2D eigenvalue weighted by Crippen LogP contribution is -2.02. The van der Waals surface area contributed by atoms with Crippen LogP contribution in [-0.2, 0) is 0 Å². The average Bonchev–Trinajstić information content (AvgIpc) is 2.90. The van der Waals surface area contributed by atoms with Gasteiger partial charge in [-0.2, -0.15) is 0 Å². The zero-order chi connectivity index (χ0) is 23.1. The maximum absolute atomic E-state index is 13.3. The van der Waals surface area contributed by atoms with Crippen LogP contribution in [0.25, 0.3) is 55.3 Å². The second-order valence-corrected chi connectivity index (χ2v) is 9.23. The monoisotopic (exact) mass is 502 g/mol. The molecule has 162 valence electrons. The molecule has 0 unspecified atom stereocenters. The minimum atomic E-state index is -0.0260. The fourth-order valence-corrected chi connectivity index (χ4v) is 4.76. The first kappa shape index (κ1) is 20.6. The molecular formula is C31H19BrO2. The van der Waals surface area contributed by atoms with Gasteiger partial charge in [-0.15, -0.1) is 0 Å². The lowest BCUT2D eigenvalue weighted by molar-refractivity contribution is 0.660. The van der Waals surface area contributed by atoms with Gasteiger partial charge in [-0.25, -0.2) is 0 Å². The highest BCUT2D eigenvalue weighted by Gasteiger charge is 2.12. The summed E-state index contributed by atoms with van der Waals surface area (Å²) in [6.07, 6.45) is 0. The van der Waals surface area contributed by atoms with E-state index in [2.05, 4.69) is 82.7 Å². The molecule has 0 radical (unpaired) electrons. The zero-order valence-corrected chi connectivity index (χ0v) is 19.8. The molecule has 0 atom stereocenters. The van der Waals surface area contributed by atoms with Crippen molar-refractivity contribution in [3.63, 3.8) is 0 Å². The lowest BCUT2D eigenvalue weighted by atomic mass is 9.93. The van der Waals surface area contributed by atoms with Crippen LogP contribution in [-0.4, -0.2) is 0 Å². The summed E-state index contributed by atoms with van der Waals surface area (Å²) in [5.41, 5.74) is 7.74. The van der Waals surface area contributed by atoms with Gasteiger partial charge in [-0.3, -0.25) is 4.79 Å². The first-order valence-corrected chi connectivity index (χ1v) is 11.9. The minimum absolute atomic E-state index is 0.0260. The molecular weight excluding hydrogens is 484 g/mol. The van der Waals surface area contributed by atoms with Crippen LogP contribution in [0.4, 0.5) is 0 Å². The number of rotatable bonds is 3. The molecule has 0 N–H and O–H groups in total. The maximum atomic E-state index is 13.3. The number of hydrogen-bond acceptors (Lipinski definition) is 2. The van der Waals surface area contributed by atoms with E-state index in [4.69, 9.17) is 4.42 Å². The second kappa shape index (κ2) is 8.44. The molecule has 0 bridgehead atoms. The van der Waals surface area contributed by atoms with E-state index >= 15 is 0 Å². The van der Waals surface area contributed by atoms with Crippen LogP contribution in [0.1, 0.15) is 0 Å². The highest BCUT2D eigenvalue weighted by Crippen LogP contribution is 2.34. The van der Waals surface area contributed by atoms with Gasteiger partial charge in [0.05, 0.1) is 10.8 Å². The van der Waals surface area contributed by atoms with Gasteiger partial charge >= 0.3 is 0 Å². The Morgan fingerprint density at radius 3 is 1.56 bits per heavy atom. The van der Waals surface area contributed by atoms with Crippen LogP contribution in [0.5, 0.6) is 0 Å². The van der Waals surface area contributed by atoms with E-state index in [1.165, 1.54) is 0 Å². The summed E-state index contributed by atoms with van der Waals surface area (Å²) in [5.74, 6) is 0. The largest absolute Gasteiger partial charge is 0.456 e.